The van der Waals surface area contributed by atoms with Gasteiger partial charge in [0, 0.05) is 30.1 Å². The summed E-state index contributed by atoms with van der Waals surface area (Å²) in [5.41, 5.74) is 5.65. The second kappa shape index (κ2) is 8.93. The Morgan fingerprint density at radius 3 is 2.56 bits per heavy atom. The highest BCUT2D eigenvalue weighted by molar-refractivity contribution is 5.93. The molecule has 0 bridgehead atoms. The molecule has 1 saturated heterocycles. The smallest absolute Gasteiger partial charge is 0.272 e. The third-order valence-electron chi connectivity index (χ3n) is 6.99. The molecule has 1 aromatic heterocycles. The van der Waals surface area contributed by atoms with E-state index in [4.69, 9.17) is 4.74 Å². The lowest BCUT2D eigenvalue weighted by Gasteiger charge is -2.20. The van der Waals surface area contributed by atoms with Crippen molar-refractivity contribution in [3.8, 4) is 22.6 Å². The molecule has 0 radical (unpaired) electrons. The molecule has 1 unspecified atom stereocenters. The number of carbonyl (C=O) groups excluding carboxylic acids is 2. The van der Waals surface area contributed by atoms with E-state index in [1.807, 2.05) is 18.2 Å². The van der Waals surface area contributed by atoms with Crippen LogP contribution < -0.4 is 4.74 Å². The lowest BCUT2D eigenvalue weighted by molar-refractivity contribution is 0.0784. The van der Waals surface area contributed by atoms with Crippen molar-refractivity contribution in [3.05, 3.63) is 76.6 Å². The number of nitrogens with zero attached hydrogens (tertiary/aromatic N) is 2. The van der Waals surface area contributed by atoms with Crippen molar-refractivity contribution in [1.82, 2.24) is 9.88 Å². The van der Waals surface area contributed by atoms with E-state index in [-0.39, 0.29) is 17.6 Å². The van der Waals surface area contributed by atoms with Crippen LogP contribution >= 0.6 is 0 Å². The van der Waals surface area contributed by atoms with Crippen molar-refractivity contribution in [2.75, 3.05) is 20.2 Å². The van der Waals surface area contributed by atoms with E-state index in [2.05, 4.69) is 23.2 Å². The van der Waals surface area contributed by atoms with Crippen molar-refractivity contribution < 1.29 is 19.4 Å². The van der Waals surface area contributed by atoms with Crippen LogP contribution in [0, 0.1) is 6.92 Å². The third-order valence-corrected chi connectivity index (χ3v) is 6.99. The van der Waals surface area contributed by atoms with E-state index in [0.717, 1.165) is 35.1 Å². The molecule has 0 spiro atoms. The van der Waals surface area contributed by atoms with E-state index in [9.17, 15) is 14.7 Å². The minimum Gasteiger partial charge on any atom is -0.506 e. The van der Waals surface area contributed by atoms with Gasteiger partial charge in [0.15, 0.2) is 0 Å². The maximum absolute atomic E-state index is 13.0. The topological polar surface area (TPSA) is 79.7 Å². The number of rotatable bonds is 6. The number of aromatic hydroxyl groups is 1. The van der Waals surface area contributed by atoms with Crippen LogP contribution in [0.1, 0.15) is 68.8 Å². The normalized spacial score (nSPS) is 17.6. The molecule has 1 N–H and O–H groups in total. The summed E-state index contributed by atoms with van der Waals surface area (Å²) < 4.78 is 5.79. The Kier molecular flexibility index (Phi) is 5.82. The van der Waals surface area contributed by atoms with Gasteiger partial charge in [-0.2, -0.15) is 0 Å². The number of hydrogen-bond acceptors (Lipinski definition) is 5. The molecule has 34 heavy (non-hydrogen) atoms. The van der Waals surface area contributed by atoms with Gasteiger partial charge in [0.25, 0.3) is 5.91 Å². The zero-order chi connectivity index (χ0) is 23.8. The fourth-order valence-corrected chi connectivity index (χ4v) is 4.97. The molecule has 2 aromatic carbocycles. The standard InChI is InChI=1S/C28H28N2O4/c1-17-26(32)10-9-25(29-17)28(33)30-12-11-19(15-30)23-14-27(34-2)24(13-20(23)16-31)22-6-4-3-5-21(22)18-7-8-18/h3-6,9-10,13-14,16,18-19,32H,7-8,11-12,15H2,1-2H3. The Labute approximate surface area is 199 Å². The Hall–Kier alpha value is -3.67. The highest BCUT2D eigenvalue weighted by Crippen LogP contribution is 2.47. The van der Waals surface area contributed by atoms with Crippen LogP contribution in [0.2, 0.25) is 0 Å². The van der Waals surface area contributed by atoms with Gasteiger partial charge in [-0.25, -0.2) is 4.98 Å². The Balaban J connectivity index is 1.45. The predicted octanol–water partition coefficient (Wildman–Crippen LogP) is 5.09. The number of aldehydes is 1. The minimum atomic E-state index is -0.166. The lowest BCUT2D eigenvalue weighted by Crippen LogP contribution is -2.29. The number of benzene rings is 2. The third kappa shape index (κ3) is 4.04. The number of carbonyl (C=O) groups is 2. The molecule has 5 rings (SSSR count). The van der Waals surface area contributed by atoms with E-state index in [0.29, 0.717) is 36.0 Å². The fraction of sp³-hybridized carbons (Fsp3) is 0.321. The van der Waals surface area contributed by atoms with Gasteiger partial charge in [-0.3, -0.25) is 9.59 Å². The summed E-state index contributed by atoms with van der Waals surface area (Å²) in [6, 6.07) is 15.3. The molecule has 2 aliphatic rings. The van der Waals surface area contributed by atoms with Gasteiger partial charge in [-0.15, -0.1) is 0 Å². The summed E-state index contributed by atoms with van der Waals surface area (Å²) in [6.45, 7) is 2.75. The molecule has 1 saturated carbocycles. The van der Waals surface area contributed by atoms with Crippen LogP contribution in [0.4, 0.5) is 0 Å². The van der Waals surface area contributed by atoms with Gasteiger partial charge in [-0.1, -0.05) is 24.3 Å². The largest absolute Gasteiger partial charge is 0.506 e. The summed E-state index contributed by atoms with van der Waals surface area (Å²) in [5, 5.41) is 9.71. The van der Waals surface area contributed by atoms with Gasteiger partial charge in [0.2, 0.25) is 0 Å². The first-order valence-electron chi connectivity index (χ1n) is 11.7. The molecule has 1 aliphatic carbocycles. The molecule has 1 atom stereocenters. The molecule has 2 fully saturated rings. The second-order valence-electron chi connectivity index (χ2n) is 9.20. The number of aryl methyl sites for hydroxylation is 1. The number of methoxy groups -OCH3 is 1. The summed E-state index contributed by atoms with van der Waals surface area (Å²) in [5.74, 6) is 1.26. The fourth-order valence-electron chi connectivity index (χ4n) is 4.97. The van der Waals surface area contributed by atoms with E-state index in [1.54, 1.807) is 25.0 Å². The molecular formula is C28H28N2O4. The molecule has 1 aliphatic heterocycles. The number of ether oxygens (including phenoxy) is 1. The van der Waals surface area contributed by atoms with Crippen LogP contribution in [-0.4, -0.2) is 47.4 Å². The number of likely N-dealkylation sites (tertiary alicyclic amines) is 1. The molecule has 2 heterocycles. The van der Waals surface area contributed by atoms with E-state index < -0.39 is 0 Å². The van der Waals surface area contributed by atoms with Gasteiger partial charge in [-0.05, 0) is 73.1 Å². The number of aromatic nitrogens is 1. The van der Waals surface area contributed by atoms with Crippen molar-refractivity contribution in [1.29, 1.82) is 0 Å². The van der Waals surface area contributed by atoms with Crippen LogP contribution in [-0.2, 0) is 0 Å². The van der Waals surface area contributed by atoms with Crippen LogP contribution in [0.5, 0.6) is 11.5 Å². The average Bonchev–Trinajstić information content (AvgIpc) is 3.60. The maximum atomic E-state index is 13.0. The Bertz CT molecular complexity index is 1270. The van der Waals surface area contributed by atoms with Crippen molar-refractivity contribution in [2.45, 2.75) is 38.0 Å². The summed E-state index contributed by atoms with van der Waals surface area (Å²) in [6.07, 6.45) is 4.05. The van der Waals surface area contributed by atoms with Gasteiger partial charge in [0.1, 0.15) is 23.5 Å². The SMILES string of the molecule is COc1cc(C2CCN(C(=O)c3ccc(O)c(C)n3)C2)c(C=O)cc1-c1ccccc1C1CC1. The maximum Gasteiger partial charge on any atom is 0.272 e. The first-order valence-corrected chi connectivity index (χ1v) is 11.7. The van der Waals surface area contributed by atoms with Crippen LogP contribution in [0.15, 0.2) is 48.5 Å². The number of hydrogen-bond donors (Lipinski definition) is 1. The molecule has 3 aromatic rings. The molecule has 6 nitrogen and oxygen atoms in total. The number of amides is 1. The first kappa shape index (κ1) is 22.1. The van der Waals surface area contributed by atoms with Crippen LogP contribution in [0.3, 0.4) is 0 Å². The minimum absolute atomic E-state index is 0.0315. The zero-order valence-electron chi connectivity index (χ0n) is 19.5. The molecule has 1 amide bonds. The summed E-state index contributed by atoms with van der Waals surface area (Å²) >= 11 is 0. The lowest BCUT2D eigenvalue weighted by atomic mass is 9.88. The van der Waals surface area contributed by atoms with Crippen molar-refractivity contribution in [2.24, 2.45) is 0 Å². The van der Waals surface area contributed by atoms with E-state index >= 15 is 0 Å². The Morgan fingerprint density at radius 2 is 1.85 bits per heavy atom. The van der Waals surface area contributed by atoms with Crippen molar-refractivity contribution in [3.63, 3.8) is 0 Å². The van der Waals surface area contributed by atoms with E-state index in [1.165, 1.54) is 24.5 Å². The monoisotopic (exact) mass is 456 g/mol. The highest BCUT2D eigenvalue weighted by atomic mass is 16.5. The first-order chi connectivity index (χ1) is 16.5. The highest BCUT2D eigenvalue weighted by Gasteiger charge is 2.32. The van der Waals surface area contributed by atoms with Gasteiger partial charge >= 0.3 is 0 Å². The zero-order valence-corrected chi connectivity index (χ0v) is 19.5. The summed E-state index contributed by atoms with van der Waals surface area (Å²) in [4.78, 5) is 31.1. The average molecular weight is 457 g/mol. The molecular weight excluding hydrogens is 428 g/mol. The van der Waals surface area contributed by atoms with Crippen LogP contribution in [0.25, 0.3) is 11.1 Å². The Morgan fingerprint density at radius 1 is 1.06 bits per heavy atom. The van der Waals surface area contributed by atoms with Gasteiger partial charge < -0.3 is 14.7 Å². The molecule has 6 heteroatoms. The van der Waals surface area contributed by atoms with Crippen molar-refractivity contribution >= 4 is 12.2 Å². The quantitative estimate of drug-likeness (QED) is 0.523. The molecule has 174 valence electrons. The van der Waals surface area contributed by atoms with Gasteiger partial charge in [0.05, 0.1) is 12.8 Å². The predicted molar refractivity (Wildman–Crippen MR) is 130 cm³/mol. The number of pyridine rings is 1. The summed E-state index contributed by atoms with van der Waals surface area (Å²) in [7, 11) is 1.66. The second-order valence-corrected chi connectivity index (χ2v) is 9.20.